The summed E-state index contributed by atoms with van der Waals surface area (Å²) in [6.45, 7) is 4.68. The number of nitrogens with one attached hydrogen (secondary N) is 1. The first-order valence-corrected chi connectivity index (χ1v) is 4.75. The highest BCUT2D eigenvalue weighted by Gasteiger charge is 2.20. The summed E-state index contributed by atoms with van der Waals surface area (Å²) in [7, 11) is 2.13. The van der Waals surface area contributed by atoms with Crippen molar-refractivity contribution in [2.24, 2.45) is 5.92 Å². The molecule has 0 spiro atoms. The molecule has 10 heavy (non-hydrogen) atoms. The lowest BCUT2D eigenvalue weighted by Gasteiger charge is -2.12. The quantitative estimate of drug-likeness (QED) is 0.589. The van der Waals surface area contributed by atoms with Crippen LogP contribution in [-0.4, -0.2) is 29.3 Å². The SMILES string of the molecule is CC1CC(CN(C)I)CN1. The molecular weight excluding hydrogens is 239 g/mol. The van der Waals surface area contributed by atoms with Gasteiger partial charge in [-0.2, -0.15) is 0 Å². The van der Waals surface area contributed by atoms with Gasteiger partial charge in [-0.3, -0.25) is 3.11 Å². The predicted octanol–water partition coefficient (Wildman–Crippen LogP) is 1.27. The molecule has 0 amide bonds. The molecule has 2 nitrogen and oxygen atoms in total. The van der Waals surface area contributed by atoms with Crippen LogP contribution in [-0.2, 0) is 0 Å². The Bertz CT molecular complexity index is 106. The third-order valence-electron chi connectivity index (χ3n) is 1.95. The summed E-state index contributed by atoms with van der Waals surface area (Å²) in [6.07, 6.45) is 1.34. The Morgan fingerprint density at radius 2 is 2.40 bits per heavy atom. The molecule has 1 aliphatic heterocycles. The number of hydrogen-bond acceptors (Lipinski definition) is 2. The fraction of sp³-hybridized carbons (Fsp3) is 1.00. The number of nitrogens with zero attached hydrogens (tertiary/aromatic N) is 1. The third kappa shape index (κ3) is 2.72. The maximum atomic E-state index is 3.44. The van der Waals surface area contributed by atoms with Gasteiger partial charge in [-0.15, -0.1) is 0 Å². The Labute approximate surface area is 76.9 Å². The van der Waals surface area contributed by atoms with Crippen LogP contribution < -0.4 is 5.32 Å². The molecule has 2 unspecified atom stereocenters. The Kier molecular flexibility index (Phi) is 3.39. The summed E-state index contributed by atoms with van der Waals surface area (Å²) in [5.41, 5.74) is 0. The first-order valence-electron chi connectivity index (χ1n) is 3.79. The van der Waals surface area contributed by atoms with E-state index in [1.54, 1.807) is 0 Å². The van der Waals surface area contributed by atoms with Gasteiger partial charge in [-0.05, 0) is 32.9 Å². The Balaban J connectivity index is 2.18. The number of halogens is 1. The van der Waals surface area contributed by atoms with Crippen LogP contribution >= 0.6 is 22.9 Å². The van der Waals surface area contributed by atoms with E-state index in [9.17, 15) is 0 Å². The highest BCUT2D eigenvalue weighted by molar-refractivity contribution is 14.1. The Morgan fingerprint density at radius 3 is 2.80 bits per heavy atom. The molecule has 0 aliphatic carbocycles. The molecule has 0 saturated carbocycles. The third-order valence-corrected chi connectivity index (χ3v) is 2.35. The molecule has 0 aromatic rings. The normalized spacial score (nSPS) is 33.6. The molecule has 0 aromatic heterocycles. The van der Waals surface area contributed by atoms with Gasteiger partial charge >= 0.3 is 0 Å². The molecule has 1 fully saturated rings. The van der Waals surface area contributed by atoms with Crippen LogP contribution in [0.15, 0.2) is 0 Å². The zero-order valence-electron chi connectivity index (χ0n) is 6.60. The van der Waals surface area contributed by atoms with Crippen LogP contribution in [0.2, 0.25) is 0 Å². The minimum Gasteiger partial charge on any atom is -0.314 e. The van der Waals surface area contributed by atoms with Gasteiger partial charge in [0.15, 0.2) is 0 Å². The average molecular weight is 254 g/mol. The van der Waals surface area contributed by atoms with Gasteiger partial charge in [0.2, 0.25) is 0 Å². The van der Waals surface area contributed by atoms with Crippen molar-refractivity contribution >= 4 is 22.9 Å². The van der Waals surface area contributed by atoms with Gasteiger partial charge < -0.3 is 5.32 Å². The first kappa shape index (κ1) is 8.74. The highest BCUT2D eigenvalue weighted by atomic mass is 127. The van der Waals surface area contributed by atoms with E-state index in [0.29, 0.717) is 0 Å². The van der Waals surface area contributed by atoms with E-state index in [1.165, 1.54) is 19.5 Å². The first-order chi connectivity index (χ1) is 4.68. The summed E-state index contributed by atoms with van der Waals surface area (Å²) < 4.78 is 2.24. The van der Waals surface area contributed by atoms with E-state index in [-0.39, 0.29) is 0 Å². The van der Waals surface area contributed by atoms with Gasteiger partial charge in [-0.1, -0.05) is 0 Å². The smallest absolute Gasteiger partial charge is 0.0198 e. The average Bonchev–Trinajstić information content (AvgIpc) is 2.13. The summed E-state index contributed by atoms with van der Waals surface area (Å²) in [5.74, 6) is 0.872. The molecule has 1 rings (SSSR count). The molecule has 2 atom stereocenters. The minimum absolute atomic E-state index is 0.737. The van der Waals surface area contributed by atoms with E-state index >= 15 is 0 Å². The second kappa shape index (κ2) is 3.88. The predicted molar refractivity (Wildman–Crippen MR) is 52.2 cm³/mol. The zero-order valence-corrected chi connectivity index (χ0v) is 8.76. The monoisotopic (exact) mass is 254 g/mol. The number of rotatable bonds is 2. The van der Waals surface area contributed by atoms with Gasteiger partial charge in [0.05, 0.1) is 0 Å². The Hall–Kier alpha value is 0.650. The molecule has 3 heteroatoms. The van der Waals surface area contributed by atoms with E-state index in [4.69, 9.17) is 0 Å². The lowest BCUT2D eigenvalue weighted by Crippen LogP contribution is -2.20. The van der Waals surface area contributed by atoms with Crippen LogP contribution in [0, 0.1) is 5.92 Å². The van der Waals surface area contributed by atoms with Crippen LogP contribution in [0.25, 0.3) is 0 Å². The second-order valence-electron chi connectivity index (χ2n) is 3.20. The van der Waals surface area contributed by atoms with Gasteiger partial charge in [-0.25, -0.2) is 0 Å². The lowest BCUT2D eigenvalue weighted by atomic mass is 10.1. The molecular formula is C7H15IN2. The molecule has 60 valence electrons. The maximum absolute atomic E-state index is 3.44. The molecule has 0 aromatic carbocycles. The van der Waals surface area contributed by atoms with Crippen molar-refractivity contribution in [1.82, 2.24) is 8.43 Å². The van der Waals surface area contributed by atoms with Crippen molar-refractivity contribution < 1.29 is 0 Å². The molecule has 0 bridgehead atoms. The Morgan fingerprint density at radius 1 is 1.70 bits per heavy atom. The van der Waals surface area contributed by atoms with Crippen molar-refractivity contribution in [3.8, 4) is 0 Å². The van der Waals surface area contributed by atoms with Crippen molar-refractivity contribution in [3.63, 3.8) is 0 Å². The van der Waals surface area contributed by atoms with Gasteiger partial charge in [0.25, 0.3) is 0 Å². The lowest BCUT2D eigenvalue weighted by molar-refractivity contribution is 0.456. The molecule has 1 heterocycles. The van der Waals surface area contributed by atoms with E-state index in [2.05, 4.69) is 45.3 Å². The summed E-state index contributed by atoms with van der Waals surface area (Å²) in [6, 6.07) is 0.737. The number of hydrogen-bond donors (Lipinski definition) is 1. The van der Waals surface area contributed by atoms with Crippen LogP contribution in [0.5, 0.6) is 0 Å². The molecule has 1 saturated heterocycles. The van der Waals surface area contributed by atoms with Gasteiger partial charge in [0.1, 0.15) is 0 Å². The molecule has 1 N–H and O–H groups in total. The maximum Gasteiger partial charge on any atom is 0.0198 e. The highest BCUT2D eigenvalue weighted by Crippen LogP contribution is 2.15. The largest absolute Gasteiger partial charge is 0.314 e. The van der Waals surface area contributed by atoms with Crippen molar-refractivity contribution in [2.45, 2.75) is 19.4 Å². The van der Waals surface area contributed by atoms with E-state index in [1.807, 2.05) is 0 Å². The summed E-state index contributed by atoms with van der Waals surface area (Å²) >= 11 is 2.34. The fourth-order valence-electron chi connectivity index (χ4n) is 1.53. The van der Waals surface area contributed by atoms with E-state index in [0.717, 1.165) is 12.0 Å². The van der Waals surface area contributed by atoms with Crippen molar-refractivity contribution in [2.75, 3.05) is 20.1 Å². The van der Waals surface area contributed by atoms with Crippen LogP contribution in [0.1, 0.15) is 13.3 Å². The topological polar surface area (TPSA) is 15.3 Å². The fourth-order valence-corrected chi connectivity index (χ4v) is 2.09. The van der Waals surface area contributed by atoms with Crippen LogP contribution in [0.3, 0.4) is 0 Å². The summed E-state index contributed by atoms with van der Waals surface area (Å²) in [5, 5.41) is 3.44. The van der Waals surface area contributed by atoms with Crippen molar-refractivity contribution in [1.29, 1.82) is 0 Å². The summed E-state index contributed by atoms with van der Waals surface area (Å²) in [4.78, 5) is 0. The standard InChI is InChI=1S/C7H15IN2/c1-6-3-7(4-9-6)5-10(2)8/h6-7,9H,3-5H2,1-2H3. The molecule has 0 radical (unpaired) electrons. The minimum atomic E-state index is 0.737. The van der Waals surface area contributed by atoms with Gasteiger partial charge in [0, 0.05) is 35.5 Å². The van der Waals surface area contributed by atoms with E-state index < -0.39 is 0 Å². The van der Waals surface area contributed by atoms with Crippen LogP contribution in [0.4, 0.5) is 0 Å². The van der Waals surface area contributed by atoms with Crippen molar-refractivity contribution in [3.05, 3.63) is 0 Å². The zero-order chi connectivity index (χ0) is 7.56. The molecule has 1 aliphatic rings. The second-order valence-corrected chi connectivity index (χ2v) is 4.85.